The minimum absolute atomic E-state index is 0.104. The highest BCUT2D eigenvalue weighted by molar-refractivity contribution is 9.10. The van der Waals surface area contributed by atoms with Crippen LogP contribution in [0.25, 0.3) is 0 Å². The van der Waals surface area contributed by atoms with Crippen molar-refractivity contribution in [3.63, 3.8) is 0 Å². The molecule has 0 amide bonds. The highest BCUT2D eigenvalue weighted by Gasteiger charge is 2.28. The Balaban J connectivity index is 1.94. The molecule has 1 heterocycles. The summed E-state index contributed by atoms with van der Waals surface area (Å²) in [5, 5.41) is 0. The summed E-state index contributed by atoms with van der Waals surface area (Å²) >= 11 is 3.11. The van der Waals surface area contributed by atoms with E-state index in [9.17, 15) is 8.42 Å². The third-order valence-corrected chi connectivity index (χ3v) is 5.68. The lowest BCUT2D eigenvalue weighted by Gasteiger charge is -2.19. The predicted octanol–water partition coefficient (Wildman–Crippen LogP) is 1.26. The van der Waals surface area contributed by atoms with Gasteiger partial charge in [0.1, 0.15) is 10.7 Å². The van der Waals surface area contributed by atoms with Gasteiger partial charge < -0.3 is 10.2 Å². The summed E-state index contributed by atoms with van der Waals surface area (Å²) < 4.78 is 32.4. The molecule has 0 radical (unpaired) electrons. The summed E-state index contributed by atoms with van der Waals surface area (Å²) in [4.78, 5) is 2.39. The van der Waals surface area contributed by atoms with Gasteiger partial charge >= 0.3 is 0 Å². The highest BCUT2D eigenvalue weighted by atomic mass is 79.9. The van der Waals surface area contributed by atoms with Crippen molar-refractivity contribution in [3.8, 4) is 0 Å². The third kappa shape index (κ3) is 3.82. The topological polar surface area (TPSA) is 88.6 Å². The molecule has 0 saturated heterocycles. The van der Waals surface area contributed by atoms with E-state index in [0.29, 0.717) is 18.3 Å². The highest BCUT2D eigenvalue weighted by Crippen LogP contribution is 2.27. The van der Waals surface area contributed by atoms with Crippen LogP contribution in [0.15, 0.2) is 20.0 Å². The van der Waals surface area contributed by atoms with E-state index < -0.39 is 10.0 Å². The van der Waals surface area contributed by atoms with E-state index in [0.717, 1.165) is 13.1 Å². The molecule has 114 valence electrons. The molecule has 1 saturated carbocycles. The van der Waals surface area contributed by atoms with Crippen LogP contribution >= 0.6 is 15.9 Å². The van der Waals surface area contributed by atoms with E-state index in [4.69, 9.17) is 10.2 Å². The largest absolute Gasteiger partial charge is 0.452 e. The third-order valence-electron chi connectivity index (χ3n) is 3.36. The summed E-state index contributed by atoms with van der Waals surface area (Å²) in [5.74, 6) is 0.436. The Labute approximate surface area is 127 Å². The second-order valence-electron chi connectivity index (χ2n) is 4.81. The van der Waals surface area contributed by atoms with Gasteiger partial charge in [-0.3, -0.25) is 4.90 Å². The van der Waals surface area contributed by atoms with Gasteiger partial charge in [-0.2, -0.15) is 0 Å². The minimum atomic E-state index is -3.56. The number of nitrogens with two attached hydrogens (primary N) is 1. The molecule has 1 aromatic heterocycles. The molecule has 20 heavy (non-hydrogen) atoms. The Morgan fingerprint density at radius 1 is 1.55 bits per heavy atom. The molecular formula is C12H20BrN3O3S. The second-order valence-corrected chi connectivity index (χ2v) is 7.27. The van der Waals surface area contributed by atoms with Gasteiger partial charge in [0.25, 0.3) is 0 Å². The fourth-order valence-corrected chi connectivity index (χ4v) is 4.14. The Morgan fingerprint density at radius 3 is 2.75 bits per heavy atom. The number of hydrogen-bond acceptors (Lipinski definition) is 5. The van der Waals surface area contributed by atoms with Crippen molar-refractivity contribution in [2.45, 2.75) is 37.2 Å². The van der Waals surface area contributed by atoms with E-state index in [1.807, 2.05) is 0 Å². The van der Waals surface area contributed by atoms with E-state index in [1.54, 1.807) is 0 Å². The number of furan rings is 1. The molecule has 6 nitrogen and oxygen atoms in total. The average molecular weight is 366 g/mol. The molecule has 0 bridgehead atoms. The molecule has 2 rings (SSSR count). The molecule has 0 aliphatic heterocycles. The Kier molecular flexibility index (Phi) is 5.25. The van der Waals surface area contributed by atoms with Gasteiger partial charge in [-0.15, -0.1) is 0 Å². The zero-order valence-electron chi connectivity index (χ0n) is 11.4. The fraction of sp³-hybridized carbons (Fsp3) is 0.667. The average Bonchev–Trinajstić information content (AvgIpc) is 3.17. The minimum Gasteiger partial charge on any atom is -0.452 e. The van der Waals surface area contributed by atoms with Gasteiger partial charge in [0.05, 0.1) is 6.54 Å². The van der Waals surface area contributed by atoms with Crippen LogP contribution in [0.3, 0.4) is 0 Å². The van der Waals surface area contributed by atoms with Crippen LogP contribution in [0, 0.1) is 0 Å². The van der Waals surface area contributed by atoms with Crippen LogP contribution in [0.4, 0.5) is 0 Å². The summed E-state index contributed by atoms with van der Waals surface area (Å²) in [6.45, 7) is 4.31. The SMILES string of the molecule is CCN(CCNS(=O)(=O)c1cc(CN)oc1Br)C1CC1. The Morgan fingerprint density at radius 2 is 2.25 bits per heavy atom. The number of nitrogens with zero attached hydrogens (tertiary/aromatic N) is 1. The van der Waals surface area contributed by atoms with Crippen molar-refractivity contribution in [3.05, 3.63) is 16.5 Å². The molecule has 0 aromatic carbocycles. The molecule has 1 aliphatic rings. The van der Waals surface area contributed by atoms with Gasteiger partial charge in [-0.05, 0) is 35.3 Å². The van der Waals surface area contributed by atoms with Gasteiger partial charge in [0, 0.05) is 25.2 Å². The van der Waals surface area contributed by atoms with Crippen molar-refractivity contribution >= 4 is 26.0 Å². The fourth-order valence-electron chi connectivity index (χ4n) is 2.12. The molecule has 3 N–H and O–H groups in total. The maximum atomic E-state index is 12.2. The number of nitrogens with one attached hydrogen (secondary N) is 1. The van der Waals surface area contributed by atoms with Crippen LogP contribution in [-0.4, -0.2) is 39.0 Å². The van der Waals surface area contributed by atoms with E-state index in [2.05, 4.69) is 32.5 Å². The second kappa shape index (κ2) is 6.57. The quantitative estimate of drug-likeness (QED) is 0.723. The van der Waals surface area contributed by atoms with Crippen LogP contribution in [0.1, 0.15) is 25.5 Å². The molecular weight excluding hydrogens is 346 g/mol. The molecule has 0 unspecified atom stereocenters. The first-order chi connectivity index (χ1) is 9.47. The lowest BCUT2D eigenvalue weighted by Crippen LogP contribution is -2.36. The summed E-state index contributed by atoms with van der Waals surface area (Å²) in [6.07, 6.45) is 2.43. The smallest absolute Gasteiger partial charge is 0.245 e. The van der Waals surface area contributed by atoms with Crippen LogP contribution < -0.4 is 10.5 Å². The van der Waals surface area contributed by atoms with Crippen molar-refractivity contribution in [2.75, 3.05) is 19.6 Å². The van der Waals surface area contributed by atoms with Crippen molar-refractivity contribution in [2.24, 2.45) is 5.73 Å². The first-order valence-electron chi connectivity index (χ1n) is 6.70. The first kappa shape index (κ1) is 16.0. The van der Waals surface area contributed by atoms with Gasteiger partial charge in [-0.25, -0.2) is 13.1 Å². The predicted molar refractivity (Wildman–Crippen MR) is 79.8 cm³/mol. The maximum absolute atomic E-state index is 12.2. The number of sulfonamides is 1. The van der Waals surface area contributed by atoms with E-state index in [-0.39, 0.29) is 16.1 Å². The van der Waals surface area contributed by atoms with Crippen molar-refractivity contribution < 1.29 is 12.8 Å². The van der Waals surface area contributed by atoms with Crippen molar-refractivity contribution in [1.82, 2.24) is 9.62 Å². The molecule has 1 fully saturated rings. The molecule has 0 atom stereocenters. The Bertz CT molecular complexity index is 554. The lowest BCUT2D eigenvalue weighted by molar-refractivity contribution is 0.282. The van der Waals surface area contributed by atoms with E-state index in [1.165, 1.54) is 18.9 Å². The van der Waals surface area contributed by atoms with Gasteiger partial charge in [0.15, 0.2) is 4.67 Å². The molecule has 0 spiro atoms. The number of rotatable bonds is 8. The van der Waals surface area contributed by atoms with Crippen LogP contribution in [0.5, 0.6) is 0 Å². The van der Waals surface area contributed by atoms with E-state index >= 15 is 0 Å². The van der Waals surface area contributed by atoms with Gasteiger partial charge in [0.2, 0.25) is 10.0 Å². The monoisotopic (exact) mass is 365 g/mol. The van der Waals surface area contributed by atoms with Gasteiger partial charge in [-0.1, -0.05) is 6.92 Å². The Hall–Kier alpha value is -0.410. The zero-order valence-corrected chi connectivity index (χ0v) is 13.8. The first-order valence-corrected chi connectivity index (χ1v) is 8.97. The molecule has 1 aromatic rings. The number of halogens is 1. The lowest BCUT2D eigenvalue weighted by atomic mass is 10.4. The normalized spacial score (nSPS) is 16.0. The summed E-state index contributed by atoms with van der Waals surface area (Å²) in [5.41, 5.74) is 5.44. The molecule has 8 heteroatoms. The number of likely N-dealkylation sites (N-methyl/N-ethyl adjacent to an activating group) is 1. The molecule has 1 aliphatic carbocycles. The van der Waals surface area contributed by atoms with Crippen LogP contribution in [-0.2, 0) is 16.6 Å². The summed E-state index contributed by atoms with van der Waals surface area (Å²) in [6, 6.07) is 2.08. The number of hydrogen-bond donors (Lipinski definition) is 2. The zero-order chi connectivity index (χ0) is 14.8. The standard InChI is InChI=1S/C12H20BrN3O3S/c1-2-16(9-3-4-9)6-5-15-20(17,18)11-7-10(8-14)19-12(11)13/h7,9,15H,2-6,8,14H2,1H3. The maximum Gasteiger partial charge on any atom is 0.245 e. The van der Waals surface area contributed by atoms with Crippen molar-refractivity contribution in [1.29, 1.82) is 0 Å². The van der Waals surface area contributed by atoms with Crippen LogP contribution in [0.2, 0.25) is 0 Å². The summed E-state index contributed by atoms with van der Waals surface area (Å²) in [7, 11) is -3.56.